The van der Waals surface area contributed by atoms with E-state index in [0.717, 1.165) is 37.0 Å². The molecule has 3 aromatic rings. The predicted octanol–water partition coefficient (Wildman–Crippen LogP) is 2.54. The number of carbonyl (C=O) groups is 1. The minimum absolute atomic E-state index is 0.210. The number of aromatic nitrogens is 3. The summed E-state index contributed by atoms with van der Waals surface area (Å²) in [6, 6.07) is 13.9. The summed E-state index contributed by atoms with van der Waals surface area (Å²) in [4.78, 5) is 14.5. The van der Waals surface area contributed by atoms with Crippen molar-refractivity contribution in [2.75, 3.05) is 29.9 Å². The Labute approximate surface area is 152 Å². The number of nitrogens with zero attached hydrogens (tertiary/aromatic N) is 4. The number of fused-ring (bicyclic) bond motifs is 2. The minimum atomic E-state index is -0.210. The Hall–Kier alpha value is -3.09. The first-order chi connectivity index (χ1) is 12.7. The van der Waals surface area contributed by atoms with Gasteiger partial charge in [-0.15, -0.1) is 5.10 Å². The van der Waals surface area contributed by atoms with E-state index in [1.165, 1.54) is 11.3 Å². The van der Waals surface area contributed by atoms with Crippen molar-refractivity contribution in [1.82, 2.24) is 20.3 Å². The number of nitrogens with one attached hydrogen (secondary N) is 2. The monoisotopic (exact) mass is 350 g/mol. The van der Waals surface area contributed by atoms with Crippen LogP contribution in [0.5, 0.6) is 0 Å². The van der Waals surface area contributed by atoms with Crippen LogP contribution in [0, 0.1) is 0 Å². The van der Waals surface area contributed by atoms with Gasteiger partial charge in [-0.2, -0.15) is 0 Å². The van der Waals surface area contributed by atoms with E-state index in [1.54, 1.807) is 4.68 Å². The fraction of sp³-hybridized carbons (Fsp3) is 0.316. The molecule has 134 valence electrons. The number of hydrogen-bond donors (Lipinski definition) is 2. The fourth-order valence-corrected chi connectivity index (χ4v) is 3.44. The Kier molecular flexibility index (Phi) is 4.43. The van der Waals surface area contributed by atoms with Crippen LogP contribution in [0.1, 0.15) is 12.0 Å². The van der Waals surface area contributed by atoms with Crippen molar-refractivity contribution in [1.29, 1.82) is 0 Å². The maximum atomic E-state index is 12.2. The van der Waals surface area contributed by atoms with Crippen molar-refractivity contribution >= 4 is 28.4 Å². The molecule has 7 nitrogen and oxygen atoms in total. The summed E-state index contributed by atoms with van der Waals surface area (Å²) in [6.07, 6.45) is 2.28. The second-order valence-electron chi connectivity index (χ2n) is 6.52. The lowest BCUT2D eigenvalue weighted by Gasteiger charge is -2.31. The number of aryl methyl sites for hydroxylation is 2. The van der Waals surface area contributed by atoms with E-state index >= 15 is 0 Å². The molecular formula is C19H22N6O. The van der Waals surface area contributed by atoms with E-state index in [1.807, 2.05) is 25.2 Å². The zero-order chi connectivity index (χ0) is 17.9. The number of rotatable bonds is 4. The molecule has 0 radical (unpaired) electrons. The van der Waals surface area contributed by atoms with E-state index in [2.05, 4.69) is 50.1 Å². The molecule has 1 aliphatic rings. The van der Waals surface area contributed by atoms with Crippen LogP contribution in [-0.4, -0.2) is 40.7 Å². The van der Waals surface area contributed by atoms with E-state index in [4.69, 9.17) is 0 Å². The highest BCUT2D eigenvalue weighted by Gasteiger charge is 2.15. The molecular weight excluding hydrogens is 328 g/mol. The minimum Gasteiger partial charge on any atom is -0.370 e. The quantitative estimate of drug-likeness (QED) is 0.758. The van der Waals surface area contributed by atoms with Crippen LogP contribution in [0.4, 0.5) is 16.2 Å². The third-order valence-electron chi connectivity index (χ3n) is 4.74. The third kappa shape index (κ3) is 3.33. The lowest BCUT2D eigenvalue weighted by Crippen LogP contribution is -2.39. The van der Waals surface area contributed by atoms with Crippen molar-refractivity contribution in [2.45, 2.75) is 12.8 Å². The first-order valence-corrected chi connectivity index (χ1v) is 8.88. The summed E-state index contributed by atoms with van der Waals surface area (Å²) < 4.78 is 1.70. The molecule has 1 aromatic heterocycles. The summed E-state index contributed by atoms with van der Waals surface area (Å²) in [7, 11) is 1.84. The van der Waals surface area contributed by atoms with Crippen LogP contribution in [0.25, 0.3) is 11.0 Å². The molecule has 0 atom stereocenters. The van der Waals surface area contributed by atoms with Gasteiger partial charge in [-0.1, -0.05) is 23.4 Å². The largest absolute Gasteiger partial charge is 0.370 e. The Morgan fingerprint density at radius 3 is 3.04 bits per heavy atom. The van der Waals surface area contributed by atoms with Gasteiger partial charge in [-0.05, 0) is 42.7 Å². The number of anilines is 2. The maximum Gasteiger partial charge on any atom is 0.319 e. The van der Waals surface area contributed by atoms with Gasteiger partial charge in [0.15, 0.2) is 0 Å². The van der Waals surface area contributed by atoms with Gasteiger partial charge in [0.1, 0.15) is 5.52 Å². The fourth-order valence-electron chi connectivity index (χ4n) is 3.44. The normalized spacial score (nSPS) is 13.5. The molecule has 0 saturated carbocycles. The van der Waals surface area contributed by atoms with Crippen LogP contribution in [0.3, 0.4) is 0 Å². The Morgan fingerprint density at radius 1 is 1.23 bits per heavy atom. The number of urea groups is 1. The highest BCUT2D eigenvalue weighted by molar-refractivity contribution is 5.91. The summed E-state index contributed by atoms with van der Waals surface area (Å²) in [5, 5.41) is 13.8. The number of para-hydroxylation sites is 1. The molecule has 0 fully saturated rings. The summed E-state index contributed by atoms with van der Waals surface area (Å²) in [6.45, 7) is 2.42. The van der Waals surface area contributed by atoms with Gasteiger partial charge in [0, 0.05) is 38.1 Å². The zero-order valence-electron chi connectivity index (χ0n) is 14.8. The Bertz CT molecular complexity index is 935. The van der Waals surface area contributed by atoms with Gasteiger partial charge in [0.25, 0.3) is 0 Å². The molecule has 2 heterocycles. The molecule has 0 aliphatic carbocycles. The predicted molar refractivity (Wildman–Crippen MR) is 103 cm³/mol. The van der Waals surface area contributed by atoms with Crippen molar-refractivity contribution in [3.8, 4) is 0 Å². The van der Waals surface area contributed by atoms with Crippen molar-refractivity contribution in [3.05, 3.63) is 48.0 Å². The molecule has 0 saturated heterocycles. The van der Waals surface area contributed by atoms with E-state index in [0.29, 0.717) is 12.2 Å². The molecule has 2 N–H and O–H groups in total. The summed E-state index contributed by atoms with van der Waals surface area (Å²) >= 11 is 0. The molecule has 0 bridgehead atoms. The molecule has 0 spiro atoms. The van der Waals surface area contributed by atoms with E-state index < -0.39 is 0 Å². The maximum absolute atomic E-state index is 12.2. The average molecular weight is 350 g/mol. The highest BCUT2D eigenvalue weighted by Crippen LogP contribution is 2.26. The lowest BCUT2D eigenvalue weighted by molar-refractivity contribution is 0.252. The molecule has 2 amide bonds. The molecule has 0 unspecified atom stereocenters. The van der Waals surface area contributed by atoms with Gasteiger partial charge in [-0.25, -0.2) is 9.48 Å². The third-order valence-corrected chi connectivity index (χ3v) is 4.74. The standard InChI is InChI=1S/C19H22N6O/c1-24-18-9-8-15(13-16(18)22-23-24)21-19(26)20-10-12-25-11-4-6-14-5-2-3-7-17(14)25/h2-3,5,7-9,13H,4,6,10-12H2,1H3,(H2,20,21,26). The van der Waals surface area contributed by atoms with Gasteiger partial charge in [0.05, 0.1) is 5.52 Å². The van der Waals surface area contributed by atoms with Crippen molar-refractivity contribution in [2.24, 2.45) is 7.05 Å². The zero-order valence-corrected chi connectivity index (χ0v) is 14.8. The summed E-state index contributed by atoms with van der Waals surface area (Å²) in [5.74, 6) is 0. The molecule has 4 rings (SSSR count). The van der Waals surface area contributed by atoms with Gasteiger partial charge in [0.2, 0.25) is 0 Å². The first kappa shape index (κ1) is 16.4. The number of hydrogen-bond acceptors (Lipinski definition) is 4. The van der Waals surface area contributed by atoms with Crippen molar-refractivity contribution in [3.63, 3.8) is 0 Å². The number of amides is 2. The van der Waals surface area contributed by atoms with E-state index in [-0.39, 0.29) is 6.03 Å². The topological polar surface area (TPSA) is 75.1 Å². The second kappa shape index (κ2) is 7.03. The average Bonchev–Trinajstić information content (AvgIpc) is 3.02. The highest BCUT2D eigenvalue weighted by atomic mass is 16.2. The number of benzene rings is 2. The van der Waals surface area contributed by atoms with Crippen LogP contribution in [0.15, 0.2) is 42.5 Å². The molecule has 26 heavy (non-hydrogen) atoms. The first-order valence-electron chi connectivity index (χ1n) is 8.88. The smallest absolute Gasteiger partial charge is 0.319 e. The SMILES string of the molecule is Cn1nnc2cc(NC(=O)NCCN3CCCc4ccccc43)ccc21. The molecule has 1 aliphatic heterocycles. The van der Waals surface area contributed by atoms with Crippen LogP contribution in [-0.2, 0) is 13.5 Å². The molecule has 7 heteroatoms. The van der Waals surface area contributed by atoms with Gasteiger partial charge < -0.3 is 15.5 Å². The second-order valence-corrected chi connectivity index (χ2v) is 6.52. The van der Waals surface area contributed by atoms with Gasteiger partial charge in [-0.3, -0.25) is 0 Å². The lowest BCUT2D eigenvalue weighted by atomic mass is 10.0. The Balaban J connectivity index is 1.31. The Morgan fingerprint density at radius 2 is 2.12 bits per heavy atom. The van der Waals surface area contributed by atoms with E-state index in [9.17, 15) is 4.79 Å². The summed E-state index contributed by atoms with van der Waals surface area (Å²) in [5.41, 5.74) is 5.07. The van der Waals surface area contributed by atoms with Crippen molar-refractivity contribution < 1.29 is 4.79 Å². The van der Waals surface area contributed by atoms with Crippen LogP contribution < -0.4 is 15.5 Å². The van der Waals surface area contributed by atoms with Crippen LogP contribution >= 0.6 is 0 Å². The molecule has 2 aromatic carbocycles. The number of carbonyl (C=O) groups excluding carboxylic acids is 1. The van der Waals surface area contributed by atoms with Gasteiger partial charge >= 0.3 is 6.03 Å². The van der Waals surface area contributed by atoms with Crippen LogP contribution in [0.2, 0.25) is 0 Å².